The number of hydrogen-bond acceptors (Lipinski definition) is 3. The Kier molecular flexibility index (Phi) is 8.94. The Bertz CT molecular complexity index is 2670. The first-order valence-corrected chi connectivity index (χ1v) is 18.2. The third kappa shape index (κ3) is 6.74. The Morgan fingerprint density at radius 2 is 0.519 bits per heavy atom. The van der Waals surface area contributed by atoms with Crippen LogP contribution in [0.5, 0.6) is 0 Å². The lowest BCUT2D eigenvalue weighted by Crippen LogP contribution is -2.01. The summed E-state index contributed by atoms with van der Waals surface area (Å²) in [5.74, 6) is 1.86. The first kappa shape index (κ1) is 32.7. The lowest BCUT2D eigenvalue weighted by molar-refractivity contribution is 1.07. The Balaban J connectivity index is 1.20. The van der Waals surface area contributed by atoms with Crippen molar-refractivity contribution in [2.75, 3.05) is 0 Å². The second kappa shape index (κ2) is 14.8. The maximum Gasteiger partial charge on any atom is 0.164 e. The number of hydrogen-bond donors (Lipinski definition) is 0. The smallest absolute Gasteiger partial charge is 0.164 e. The molecule has 0 bridgehead atoms. The van der Waals surface area contributed by atoms with Gasteiger partial charge in [0, 0.05) is 16.7 Å². The van der Waals surface area contributed by atoms with Crippen molar-refractivity contribution < 1.29 is 0 Å². The minimum atomic E-state index is 0.619. The van der Waals surface area contributed by atoms with Crippen molar-refractivity contribution >= 4 is 0 Å². The first-order chi connectivity index (χ1) is 26.8. The van der Waals surface area contributed by atoms with Crippen LogP contribution in [0, 0.1) is 0 Å². The summed E-state index contributed by atoms with van der Waals surface area (Å²) in [6.45, 7) is 0. The summed E-state index contributed by atoms with van der Waals surface area (Å²) in [5, 5.41) is 0. The highest BCUT2D eigenvalue weighted by atomic mass is 15.0. The molecule has 0 saturated carbocycles. The van der Waals surface area contributed by atoms with Gasteiger partial charge in [0.05, 0.1) is 0 Å². The van der Waals surface area contributed by atoms with Crippen LogP contribution >= 0.6 is 0 Å². The highest BCUT2D eigenvalue weighted by Crippen LogP contribution is 2.37. The van der Waals surface area contributed by atoms with E-state index in [9.17, 15) is 0 Å². The molecule has 1 heterocycles. The third-order valence-corrected chi connectivity index (χ3v) is 9.78. The summed E-state index contributed by atoms with van der Waals surface area (Å²) in [5.41, 5.74) is 14.2. The molecule has 254 valence electrons. The number of rotatable bonds is 8. The zero-order valence-electron chi connectivity index (χ0n) is 29.5. The lowest BCUT2D eigenvalue weighted by Gasteiger charge is -2.14. The Labute approximate surface area is 316 Å². The van der Waals surface area contributed by atoms with Gasteiger partial charge in [-0.2, -0.15) is 0 Å². The van der Waals surface area contributed by atoms with Crippen LogP contribution in [0.15, 0.2) is 212 Å². The Hall–Kier alpha value is -7.23. The Morgan fingerprint density at radius 1 is 0.185 bits per heavy atom. The fourth-order valence-electron chi connectivity index (χ4n) is 7.05. The normalized spacial score (nSPS) is 11.0. The van der Waals surface area contributed by atoms with Crippen LogP contribution in [-0.2, 0) is 0 Å². The van der Waals surface area contributed by atoms with E-state index >= 15 is 0 Å². The van der Waals surface area contributed by atoms with Gasteiger partial charge in [-0.05, 0) is 67.8 Å². The molecule has 0 fully saturated rings. The summed E-state index contributed by atoms with van der Waals surface area (Å²) in [4.78, 5) is 15.5. The van der Waals surface area contributed by atoms with Gasteiger partial charge in [-0.25, -0.2) is 15.0 Å². The minimum absolute atomic E-state index is 0.619. The standard InChI is InChI=1S/C51H35N3/c1-5-16-36(17-6-1)37-28-30-41(31-29-37)49-52-50(43-25-15-24-42(34-43)46-27-14-13-26-45(46)38-18-7-2-8-19-38)54-51(53-49)44-32-33-47(39-20-9-3-10-21-39)48(35-44)40-22-11-4-12-23-40/h1-35H. The van der Waals surface area contributed by atoms with E-state index in [0.717, 1.165) is 55.6 Å². The van der Waals surface area contributed by atoms with Gasteiger partial charge in [0.2, 0.25) is 0 Å². The van der Waals surface area contributed by atoms with Crippen molar-refractivity contribution in [2.45, 2.75) is 0 Å². The molecule has 9 aromatic rings. The molecule has 0 radical (unpaired) electrons. The number of aromatic nitrogens is 3. The molecule has 3 heteroatoms. The van der Waals surface area contributed by atoms with Crippen molar-refractivity contribution in [1.29, 1.82) is 0 Å². The lowest BCUT2D eigenvalue weighted by atomic mass is 9.92. The van der Waals surface area contributed by atoms with Crippen molar-refractivity contribution in [1.82, 2.24) is 15.0 Å². The van der Waals surface area contributed by atoms with Gasteiger partial charge in [0.15, 0.2) is 17.5 Å². The van der Waals surface area contributed by atoms with Gasteiger partial charge in [0.25, 0.3) is 0 Å². The largest absolute Gasteiger partial charge is 0.208 e. The number of nitrogens with zero attached hydrogens (tertiary/aromatic N) is 3. The molecule has 54 heavy (non-hydrogen) atoms. The molecule has 0 amide bonds. The maximum absolute atomic E-state index is 5.19. The van der Waals surface area contributed by atoms with Gasteiger partial charge in [-0.3, -0.25) is 0 Å². The van der Waals surface area contributed by atoms with Crippen LogP contribution in [0.4, 0.5) is 0 Å². The van der Waals surface area contributed by atoms with E-state index in [1.807, 2.05) is 6.07 Å². The van der Waals surface area contributed by atoms with Gasteiger partial charge >= 0.3 is 0 Å². The van der Waals surface area contributed by atoms with Crippen molar-refractivity contribution in [3.05, 3.63) is 212 Å². The molecular formula is C51H35N3. The summed E-state index contributed by atoms with van der Waals surface area (Å²) < 4.78 is 0. The van der Waals surface area contributed by atoms with Crippen LogP contribution in [0.2, 0.25) is 0 Å². The van der Waals surface area contributed by atoms with Crippen LogP contribution in [0.1, 0.15) is 0 Å². The molecule has 0 unspecified atom stereocenters. The molecule has 0 aliphatic rings. The highest BCUT2D eigenvalue weighted by molar-refractivity contribution is 5.87. The summed E-state index contributed by atoms with van der Waals surface area (Å²) in [7, 11) is 0. The van der Waals surface area contributed by atoms with E-state index in [1.165, 1.54) is 16.7 Å². The van der Waals surface area contributed by atoms with E-state index in [0.29, 0.717) is 17.5 Å². The van der Waals surface area contributed by atoms with Gasteiger partial charge in [0.1, 0.15) is 0 Å². The molecule has 0 aliphatic carbocycles. The zero-order chi connectivity index (χ0) is 36.1. The Morgan fingerprint density at radius 3 is 1.07 bits per heavy atom. The monoisotopic (exact) mass is 689 g/mol. The van der Waals surface area contributed by atoms with Gasteiger partial charge in [-0.1, -0.05) is 200 Å². The van der Waals surface area contributed by atoms with Crippen LogP contribution in [-0.4, -0.2) is 15.0 Å². The molecule has 8 aromatic carbocycles. The van der Waals surface area contributed by atoms with Crippen molar-refractivity contribution in [3.8, 4) is 89.8 Å². The van der Waals surface area contributed by atoms with E-state index in [4.69, 9.17) is 15.0 Å². The van der Waals surface area contributed by atoms with Crippen molar-refractivity contribution in [3.63, 3.8) is 0 Å². The molecule has 0 atom stereocenters. The van der Waals surface area contributed by atoms with Crippen LogP contribution < -0.4 is 0 Å². The molecule has 0 aliphatic heterocycles. The van der Waals surface area contributed by atoms with Gasteiger partial charge < -0.3 is 0 Å². The minimum Gasteiger partial charge on any atom is -0.208 e. The molecule has 9 rings (SSSR count). The second-order valence-electron chi connectivity index (χ2n) is 13.2. The van der Waals surface area contributed by atoms with E-state index in [1.54, 1.807) is 0 Å². The SMILES string of the molecule is c1ccc(-c2ccc(-c3nc(-c4cccc(-c5ccccc5-c5ccccc5)c4)nc(-c4ccc(-c5ccccc5)c(-c5ccccc5)c4)n3)cc2)cc1. The van der Waals surface area contributed by atoms with Crippen LogP contribution in [0.25, 0.3) is 89.8 Å². The topological polar surface area (TPSA) is 38.7 Å². The predicted molar refractivity (Wildman–Crippen MR) is 223 cm³/mol. The van der Waals surface area contributed by atoms with E-state index in [-0.39, 0.29) is 0 Å². The maximum atomic E-state index is 5.19. The average molecular weight is 690 g/mol. The fraction of sp³-hybridized carbons (Fsp3) is 0. The summed E-state index contributed by atoms with van der Waals surface area (Å²) in [6.07, 6.45) is 0. The van der Waals surface area contributed by atoms with E-state index < -0.39 is 0 Å². The molecule has 0 spiro atoms. The number of benzene rings is 8. The van der Waals surface area contributed by atoms with Gasteiger partial charge in [-0.15, -0.1) is 0 Å². The quantitative estimate of drug-likeness (QED) is 0.159. The zero-order valence-corrected chi connectivity index (χ0v) is 29.5. The molecule has 0 N–H and O–H groups in total. The third-order valence-electron chi connectivity index (χ3n) is 9.78. The molecule has 1 aromatic heterocycles. The summed E-state index contributed by atoms with van der Waals surface area (Å²) >= 11 is 0. The summed E-state index contributed by atoms with van der Waals surface area (Å²) in [6, 6.07) is 74.1. The first-order valence-electron chi connectivity index (χ1n) is 18.2. The highest BCUT2D eigenvalue weighted by Gasteiger charge is 2.17. The van der Waals surface area contributed by atoms with Crippen molar-refractivity contribution in [2.24, 2.45) is 0 Å². The predicted octanol–water partition coefficient (Wildman–Crippen LogP) is 13.2. The van der Waals surface area contributed by atoms with Crippen LogP contribution in [0.3, 0.4) is 0 Å². The average Bonchev–Trinajstić information content (AvgIpc) is 3.27. The molecular weight excluding hydrogens is 655 g/mol. The van der Waals surface area contributed by atoms with E-state index in [2.05, 4.69) is 206 Å². The molecule has 3 nitrogen and oxygen atoms in total. The second-order valence-corrected chi connectivity index (χ2v) is 13.2. The molecule has 0 saturated heterocycles. The fourth-order valence-corrected chi connectivity index (χ4v) is 7.05.